The lowest BCUT2D eigenvalue weighted by Gasteiger charge is -2.17. The zero-order valence-electron chi connectivity index (χ0n) is 9.95. The summed E-state index contributed by atoms with van der Waals surface area (Å²) in [5.74, 6) is -1.26. The van der Waals surface area contributed by atoms with Crippen LogP contribution in [0, 0.1) is 11.6 Å². The van der Waals surface area contributed by atoms with Gasteiger partial charge in [0, 0.05) is 5.56 Å². The van der Waals surface area contributed by atoms with Crippen LogP contribution in [0.2, 0.25) is 0 Å². The van der Waals surface area contributed by atoms with Crippen molar-refractivity contribution in [2.45, 2.75) is 19.4 Å². The summed E-state index contributed by atoms with van der Waals surface area (Å²) in [5.41, 5.74) is 0.222. The van der Waals surface area contributed by atoms with Crippen LogP contribution in [0.15, 0.2) is 24.5 Å². The maximum Gasteiger partial charge on any atom is 0.164 e. The van der Waals surface area contributed by atoms with Crippen molar-refractivity contribution < 1.29 is 8.78 Å². The Kier molecular flexibility index (Phi) is 3.99. The first-order chi connectivity index (χ1) is 8.74. The van der Waals surface area contributed by atoms with E-state index in [4.69, 9.17) is 0 Å². The number of aromatic amines is 1. The molecule has 0 saturated carbocycles. The van der Waals surface area contributed by atoms with Crippen LogP contribution >= 0.6 is 0 Å². The van der Waals surface area contributed by atoms with Crippen molar-refractivity contribution >= 4 is 0 Å². The number of benzene rings is 1. The Labute approximate surface area is 103 Å². The zero-order chi connectivity index (χ0) is 13.0. The van der Waals surface area contributed by atoms with Crippen LogP contribution in [-0.2, 0) is 0 Å². The highest BCUT2D eigenvalue weighted by atomic mass is 19.2. The van der Waals surface area contributed by atoms with E-state index in [0.717, 1.165) is 12.5 Å². The van der Waals surface area contributed by atoms with E-state index in [1.54, 1.807) is 0 Å². The van der Waals surface area contributed by atoms with Gasteiger partial charge in [-0.25, -0.2) is 13.8 Å². The Hall–Kier alpha value is -1.82. The molecule has 0 saturated heterocycles. The summed E-state index contributed by atoms with van der Waals surface area (Å²) in [4.78, 5) is 4.00. The average Bonchev–Trinajstić information content (AvgIpc) is 2.88. The van der Waals surface area contributed by atoms with E-state index in [9.17, 15) is 8.78 Å². The third-order valence-electron chi connectivity index (χ3n) is 2.60. The van der Waals surface area contributed by atoms with E-state index >= 15 is 0 Å². The zero-order valence-corrected chi connectivity index (χ0v) is 9.95. The molecule has 0 bridgehead atoms. The number of hydrogen-bond donors (Lipinski definition) is 2. The Bertz CT molecular complexity index is 499. The lowest BCUT2D eigenvalue weighted by atomic mass is 10.1. The molecule has 2 N–H and O–H groups in total. The Morgan fingerprint density at radius 3 is 2.89 bits per heavy atom. The molecule has 1 aromatic carbocycles. The van der Waals surface area contributed by atoms with Crippen molar-refractivity contribution in [3.8, 4) is 0 Å². The SMILES string of the molecule is CCCNC(c1ncn[nH]1)c1cccc(F)c1F. The number of halogens is 2. The van der Waals surface area contributed by atoms with E-state index in [0.29, 0.717) is 12.4 Å². The summed E-state index contributed by atoms with van der Waals surface area (Å²) in [6.45, 7) is 2.66. The van der Waals surface area contributed by atoms with Crippen LogP contribution in [0.1, 0.15) is 30.8 Å². The van der Waals surface area contributed by atoms with Gasteiger partial charge in [-0.2, -0.15) is 5.10 Å². The van der Waals surface area contributed by atoms with Gasteiger partial charge in [0.15, 0.2) is 11.6 Å². The molecule has 1 atom stereocenters. The van der Waals surface area contributed by atoms with Gasteiger partial charge in [0.2, 0.25) is 0 Å². The van der Waals surface area contributed by atoms with Crippen molar-refractivity contribution in [1.82, 2.24) is 20.5 Å². The summed E-state index contributed by atoms with van der Waals surface area (Å²) in [6, 6.07) is 3.58. The van der Waals surface area contributed by atoms with Gasteiger partial charge in [-0.15, -0.1) is 0 Å². The monoisotopic (exact) mass is 252 g/mol. The lowest BCUT2D eigenvalue weighted by molar-refractivity contribution is 0.475. The molecule has 1 heterocycles. The minimum Gasteiger partial charge on any atom is -0.304 e. The predicted octanol–water partition coefficient (Wildman–Crippen LogP) is 2.17. The van der Waals surface area contributed by atoms with Crippen molar-refractivity contribution in [2.24, 2.45) is 0 Å². The summed E-state index contributed by atoms with van der Waals surface area (Å²) in [6.07, 6.45) is 2.22. The van der Waals surface area contributed by atoms with Crippen molar-refractivity contribution in [1.29, 1.82) is 0 Å². The smallest absolute Gasteiger partial charge is 0.164 e. The topological polar surface area (TPSA) is 53.6 Å². The molecule has 6 heteroatoms. The van der Waals surface area contributed by atoms with Crippen molar-refractivity contribution in [2.75, 3.05) is 6.54 Å². The van der Waals surface area contributed by atoms with Crippen LogP contribution in [-0.4, -0.2) is 21.7 Å². The van der Waals surface area contributed by atoms with Gasteiger partial charge in [-0.3, -0.25) is 5.10 Å². The van der Waals surface area contributed by atoms with Gasteiger partial charge in [0.1, 0.15) is 12.2 Å². The highest BCUT2D eigenvalue weighted by molar-refractivity contribution is 5.27. The molecule has 4 nitrogen and oxygen atoms in total. The number of aromatic nitrogens is 3. The molecule has 0 radical (unpaired) electrons. The Balaban J connectivity index is 2.37. The van der Waals surface area contributed by atoms with E-state index in [2.05, 4.69) is 20.5 Å². The molecule has 0 aliphatic rings. The summed E-state index contributed by atoms with van der Waals surface area (Å²) in [7, 11) is 0. The average molecular weight is 252 g/mol. The molecule has 2 rings (SSSR count). The molecule has 18 heavy (non-hydrogen) atoms. The number of H-pyrrole nitrogens is 1. The minimum atomic E-state index is -0.865. The van der Waals surface area contributed by atoms with Gasteiger partial charge in [0.05, 0.1) is 6.04 Å². The Morgan fingerprint density at radius 2 is 2.22 bits per heavy atom. The number of rotatable bonds is 5. The fourth-order valence-corrected chi connectivity index (χ4v) is 1.74. The lowest BCUT2D eigenvalue weighted by Crippen LogP contribution is -2.25. The van der Waals surface area contributed by atoms with Crippen LogP contribution in [0.5, 0.6) is 0 Å². The number of hydrogen-bond acceptors (Lipinski definition) is 3. The first-order valence-corrected chi connectivity index (χ1v) is 5.76. The summed E-state index contributed by atoms with van der Waals surface area (Å²) < 4.78 is 27.0. The third-order valence-corrected chi connectivity index (χ3v) is 2.60. The molecule has 0 spiro atoms. The van der Waals surface area contributed by atoms with Gasteiger partial charge >= 0.3 is 0 Å². The van der Waals surface area contributed by atoms with E-state index in [1.807, 2.05) is 6.92 Å². The molecule has 0 amide bonds. The van der Waals surface area contributed by atoms with Crippen LogP contribution in [0.25, 0.3) is 0 Å². The van der Waals surface area contributed by atoms with Crippen LogP contribution < -0.4 is 5.32 Å². The van der Waals surface area contributed by atoms with Crippen LogP contribution in [0.3, 0.4) is 0 Å². The van der Waals surface area contributed by atoms with Crippen LogP contribution in [0.4, 0.5) is 8.78 Å². The number of nitrogens with one attached hydrogen (secondary N) is 2. The highest BCUT2D eigenvalue weighted by Crippen LogP contribution is 2.23. The van der Waals surface area contributed by atoms with Gasteiger partial charge in [0.25, 0.3) is 0 Å². The van der Waals surface area contributed by atoms with Crippen molar-refractivity contribution in [3.05, 3.63) is 47.5 Å². The van der Waals surface area contributed by atoms with Gasteiger partial charge in [-0.05, 0) is 19.0 Å². The predicted molar refractivity (Wildman–Crippen MR) is 62.9 cm³/mol. The maximum atomic E-state index is 13.8. The molecule has 0 fully saturated rings. The highest BCUT2D eigenvalue weighted by Gasteiger charge is 2.21. The van der Waals surface area contributed by atoms with E-state index < -0.39 is 17.7 Å². The fourth-order valence-electron chi connectivity index (χ4n) is 1.74. The van der Waals surface area contributed by atoms with Crippen molar-refractivity contribution in [3.63, 3.8) is 0 Å². The molecule has 1 aromatic heterocycles. The largest absolute Gasteiger partial charge is 0.304 e. The fraction of sp³-hybridized carbons (Fsp3) is 0.333. The molecule has 0 aliphatic heterocycles. The quantitative estimate of drug-likeness (QED) is 0.857. The molecular weight excluding hydrogens is 238 g/mol. The van der Waals surface area contributed by atoms with E-state index in [1.165, 1.54) is 18.5 Å². The first kappa shape index (κ1) is 12.6. The standard InChI is InChI=1S/C12H14F2N4/c1-2-6-15-11(12-16-7-17-18-12)8-4-3-5-9(13)10(8)14/h3-5,7,11,15H,2,6H2,1H3,(H,16,17,18). The third kappa shape index (κ3) is 2.53. The van der Waals surface area contributed by atoms with Gasteiger partial charge < -0.3 is 5.32 Å². The van der Waals surface area contributed by atoms with E-state index in [-0.39, 0.29) is 5.56 Å². The van der Waals surface area contributed by atoms with Gasteiger partial charge in [-0.1, -0.05) is 19.1 Å². The second kappa shape index (κ2) is 5.68. The first-order valence-electron chi connectivity index (χ1n) is 5.76. The summed E-state index contributed by atoms with van der Waals surface area (Å²) in [5, 5.41) is 9.53. The molecular formula is C12H14F2N4. The second-order valence-corrected chi connectivity index (χ2v) is 3.90. The summed E-state index contributed by atoms with van der Waals surface area (Å²) >= 11 is 0. The molecule has 1 unspecified atom stereocenters. The molecule has 96 valence electrons. The molecule has 2 aromatic rings. The molecule has 0 aliphatic carbocycles. The normalized spacial score (nSPS) is 12.6. The number of nitrogens with zero attached hydrogens (tertiary/aromatic N) is 2. The maximum absolute atomic E-state index is 13.8. The second-order valence-electron chi connectivity index (χ2n) is 3.90. The minimum absolute atomic E-state index is 0.222. The Morgan fingerprint density at radius 1 is 1.39 bits per heavy atom.